The molecule has 2 aromatic rings. The van der Waals surface area contributed by atoms with Crippen LogP contribution in [-0.4, -0.2) is 53.9 Å². The fourth-order valence-corrected chi connectivity index (χ4v) is 4.01. The molecule has 27 heavy (non-hydrogen) atoms. The molecule has 1 unspecified atom stereocenters. The Bertz CT molecular complexity index is 840. The fraction of sp³-hybridized carbons (Fsp3) is 0.350. The topological polar surface area (TPSA) is 72.8 Å². The standard InChI is InChI=1S/C20H22Cl2N2O3/c1-24-8-17(16-6-14(21)7-19(22)18(16)9-24)12-3-2-4-13(5-12)20(27)23-15(10-25)11-26/h2-7,15,17,25-26H,8-11H2,1H3,(H,23,27). The van der Waals surface area contributed by atoms with E-state index in [9.17, 15) is 4.79 Å². The highest BCUT2D eigenvalue weighted by Crippen LogP contribution is 2.38. The van der Waals surface area contributed by atoms with Crippen molar-refractivity contribution in [2.24, 2.45) is 0 Å². The second-order valence-electron chi connectivity index (χ2n) is 6.87. The van der Waals surface area contributed by atoms with Crippen molar-refractivity contribution in [3.8, 4) is 0 Å². The van der Waals surface area contributed by atoms with E-state index >= 15 is 0 Å². The average molecular weight is 409 g/mol. The normalized spacial score (nSPS) is 17.0. The summed E-state index contributed by atoms with van der Waals surface area (Å²) in [5, 5.41) is 22.2. The van der Waals surface area contributed by atoms with E-state index in [0.717, 1.165) is 29.8 Å². The molecule has 7 heteroatoms. The van der Waals surface area contributed by atoms with Crippen LogP contribution in [0.5, 0.6) is 0 Å². The van der Waals surface area contributed by atoms with Gasteiger partial charge in [-0.1, -0.05) is 35.3 Å². The van der Waals surface area contributed by atoms with Crippen LogP contribution in [0.1, 0.15) is 33.0 Å². The number of benzene rings is 2. The van der Waals surface area contributed by atoms with E-state index in [0.29, 0.717) is 15.6 Å². The SMILES string of the molecule is CN1Cc2c(Cl)cc(Cl)cc2C(c2cccc(C(=O)NC(CO)CO)c2)C1. The Morgan fingerprint density at radius 3 is 2.70 bits per heavy atom. The summed E-state index contributed by atoms with van der Waals surface area (Å²) in [4.78, 5) is 14.6. The Morgan fingerprint density at radius 1 is 1.26 bits per heavy atom. The number of aliphatic hydroxyl groups excluding tert-OH is 2. The molecule has 144 valence electrons. The molecule has 3 rings (SSSR count). The molecule has 1 aliphatic rings. The van der Waals surface area contributed by atoms with Gasteiger partial charge in [-0.3, -0.25) is 4.79 Å². The smallest absolute Gasteiger partial charge is 0.251 e. The Labute approximate surface area is 168 Å². The molecule has 0 radical (unpaired) electrons. The highest BCUT2D eigenvalue weighted by Gasteiger charge is 2.27. The molecule has 0 saturated carbocycles. The molecule has 1 aliphatic heterocycles. The van der Waals surface area contributed by atoms with Crippen LogP contribution in [0.15, 0.2) is 36.4 Å². The van der Waals surface area contributed by atoms with Gasteiger partial charge in [-0.15, -0.1) is 0 Å². The van der Waals surface area contributed by atoms with Crippen molar-refractivity contribution < 1.29 is 15.0 Å². The van der Waals surface area contributed by atoms with Crippen molar-refractivity contribution in [1.29, 1.82) is 0 Å². The summed E-state index contributed by atoms with van der Waals surface area (Å²) in [5.41, 5.74) is 3.59. The lowest BCUT2D eigenvalue weighted by atomic mass is 9.84. The molecule has 0 saturated heterocycles. The van der Waals surface area contributed by atoms with Gasteiger partial charge >= 0.3 is 0 Å². The molecule has 0 aliphatic carbocycles. The van der Waals surface area contributed by atoms with Crippen LogP contribution in [0.4, 0.5) is 0 Å². The third kappa shape index (κ3) is 4.45. The molecular weight excluding hydrogens is 387 g/mol. The quantitative estimate of drug-likeness (QED) is 0.710. The lowest BCUT2D eigenvalue weighted by molar-refractivity contribution is 0.0879. The third-order valence-electron chi connectivity index (χ3n) is 4.82. The van der Waals surface area contributed by atoms with Gasteiger partial charge in [0.2, 0.25) is 0 Å². The lowest BCUT2D eigenvalue weighted by Gasteiger charge is -2.33. The van der Waals surface area contributed by atoms with Crippen molar-refractivity contribution in [1.82, 2.24) is 10.2 Å². The number of aliphatic hydroxyl groups is 2. The summed E-state index contributed by atoms with van der Waals surface area (Å²) >= 11 is 12.6. The van der Waals surface area contributed by atoms with Gasteiger partial charge in [0.05, 0.1) is 19.3 Å². The summed E-state index contributed by atoms with van der Waals surface area (Å²) in [6.07, 6.45) is 0. The zero-order valence-corrected chi connectivity index (χ0v) is 16.5. The van der Waals surface area contributed by atoms with Crippen molar-refractivity contribution in [3.05, 3.63) is 68.7 Å². The summed E-state index contributed by atoms with van der Waals surface area (Å²) in [6.45, 7) is 0.890. The summed E-state index contributed by atoms with van der Waals surface area (Å²) in [6, 6.07) is 10.4. The van der Waals surface area contributed by atoms with E-state index in [1.807, 2.05) is 31.3 Å². The highest BCUT2D eigenvalue weighted by atomic mass is 35.5. The number of fused-ring (bicyclic) bond motifs is 1. The van der Waals surface area contributed by atoms with E-state index in [1.54, 1.807) is 12.1 Å². The number of amides is 1. The maximum atomic E-state index is 12.4. The lowest BCUT2D eigenvalue weighted by Crippen LogP contribution is -2.40. The van der Waals surface area contributed by atoms with Gasteiger partial charge in [0.25, 0.3) is 5.91 Å². The predicted molar refractivity (Wildman–Crippen MR) is 107 cm³/mol. The summed E-state index contributed by atoms with van der Waals surface area (Å²) in [5.74, 6) is -0.298. The van der Waals surface area contributed by atoms with E-state index in [-0.39, 0.29) is 25.0 Å². The van der Waals surface area contributed by atoms with E-state index in [1.165, 1.54) is 0 Å². The Balaban J connectivity index is 1.95. The average Bonchev–Trinajstić information content (AvgIpc) is 2.66. The molecule has 1 atom stereocenters. The molecule has 2 aromatic carbocycles. The van der Waals surface area contributed by atoms with Crippen molar-refractivity contribution in [2.45, 2.75) is 18.5 Å². The molecule has 0 spiro atoms. The Hall–Kier alpha value is -1.63. The number of rotatable bonds is 5. The number of likely N-dealkylation sites (N-methyl/N-ethyl adjacent to an activating group) is 1. The zero-order valence-electron chi connectivity index (χ0n) is 15.0. The first-order chi connectivity index (χ1) is 12.9. The maximum absolute atomic E-state index is 12.4. The third-order valence-corrected chi connectivity index (χ3v) is 5.38. The van der Waals surface area contributed by atoms with Crippen LogP contribution in [0.3, 0.4) is 0 Å². The molecule has 1 heterocycles. The number of hydrogen-bond donors (Lipinski definition) is 3. The summed E-state index contributed by atoms with van der Waals surface area (Å²) < 4.78 is 0. The van der Waals surface area contributed by atoms with Gasteiger partial charge in [0.15, 0.2) is 0 Å². The number of halogens is 2. The van der Waals surface area contributed by atoms with Crippen LogP contribution < -0.4 is 5.32 Å². The highest BCUT2D eigenvalue weighted by molar-refractivity contribution is 6.35. The number of hydrogen-bond acceptors (Lipinski definition) is 4. The minimum Gasteiger partial charge on any atom is -0.394 e. The number of nitrogens with one attached hydrogen (secondary N) is 1. The molecule has 3 N–H and O–H groups in total. The summed E-state index contributed by atoms with van der Waals surface area (Å²) in [7, 11) is 2.03. The first-order valence-electron chi connectivity index (χ1n) is 8.71. The first kappa shape index (κ1) is 20.1. The van der Waals surface area contributed by atoms with Gasteiger partial charge in [0.1, 0.15) is 0 Å². The second-order valence-corrected chi connectivity index (χ2v) is 7.71. The Morgan fingerprint density at radius 2 is 2.00 bits per heavy atom. The van der Waals surface area contributed by atoms with E-state index in [2.05, 4.69) is 10.2 Å². The molecular formula is C20H22Cl2N2O3. The molecule has 5 nitrogen and oxygen atoms in total. The van der Waals surface area contributed by atoms with Gasteiger partial charge in [-0.2, -0.15) is 0 Å². The van der Waals surface area contributed by atoms with Gasteiger partial charge in [-0.25, -0.2) is 0 Å². The number of nitrogens with zero attached hydrogens (tertiary/aromatic N) is 1. The number of carbonyl (C=O) groups is 1. The van der Waals surface area contributed by atoms with Crippen molar-refractivity contribution in [2.75, 3.05) is 26.8 Å². The van der Waals surface area contributed by atoms with Gasteiger partial charge in [-0.05, 0) is 48.0 Å². The van der Waals surface area contributed by atoms with Crippen LogP contribution in [0.2, 0.25) is 10.0 Å². The monoisotopic (exact) mass is 408 g/mol. The molecule has 0 fully saturated rings. The van der Waals surface area contributed by atoms with E-state index in [4.69, 9.17) is 33.4 Å². The van der Waals surface area contributed by atoms with Gasteiger partial charge < -0.3 is 20.4 Å². The maximum Gasteiger partial charge on any atom is 0.251 e. The van der Waals surface area contributed by atoms with Crippen LogP contribution >= 0.6 is 23.2 Å². The second kappa shape index (κ2) is 8.59. The van der Waals surface area contributed by atoms with Crippen molar-refractivity contribution in [3.63, 3.8) is 0 Å². The van der Waals surface area contributed by atoms with Crippen LogP contribution in [-0.2, 0) is 6.54 Å². The molecule has 0 bridgehead atoms. The van der Waals surface area contributed by atoms with Gasteiger partial charge in [0, 0.05) is 34.6 Å². The molecule has 1 amide bonds. The van der Waals surface area contributed by atoms with Crippen LogP contribution in [0.25, 0.3) is 0 Å². The first-order valence-corrected chi connectivity index (χ1v) is 9.47. The fourth-order valence-electron chi connectivity index (χ4n) is 3.44. The predicted octanol–water partition coefficient (Wildman–Crippen LogP) is 2.65. The number of carbonyl (C=O) groups excluding carboxylic acids is 1. The minimum absolute atomic E-state index is 0.0363. The van der Waals surface area contributed by atoms with E-state index < -0.39 is 6.04 Å². The Kier molecular flexibility index (Phi) is 6.40. The largest absolute Gasteiger partial charge is 0.394 e. The zero-order chi connectivity index (χ0) is 19.6. The van der Waals surface area contributed by atoms with Crippen LogP contribution in [0, 0.1) is 0 Å². The molecule has 0 aromatic heterocycles. The minimum atomic E-state index is -0.680. The van der Waals surface area contributed by atoms with Crippen molar-refractivity contribution >= 4 is 29.1 Å².